The molecule has 2 rings (SSSR count). The fraction of sp³-hybridized carbons (Fsp3) is 0.857. The standard InChI is InChI=1S/C14H26N4O/c1-3-5-7-13-16-14(17-19-13)12(6-4-2)18-10-8-15-9-11-18/h12,15H,3-11H2,1-2H3. The van der Waals surface area contributed by atoms with Crippen molar-refractivity contribution < 1.29 is 4.52 Å². The third kappa shape index (κ3) is 4.01. The Morgan fingerprint density at radius 2 is 2.05 bits per heavy atom. The quantitative estimate of drug-likeness (QED) is 0.819. The zero-order valence-electron chi connectivity index (χ0n) is 12.2. The molecule has 0 bridgehead atoms. The summed E-state index contributed by atoms with van der Waals surface area (Å²) in [6.07, 6.45) is 5.44. The number of aryl methyl sites for hydroxylation is 1. The number of nitrogens with zero attached hydrogens (tertiary/aromatic N) is 3. The van der Waals surface area contributed by atoms with Crippen molar-refractivity contribution in [2.45, 2.75) is 52.0 Å². The number of unbranched alkanes of at least 4 members (excludes halogenated alkanes) is 1. The normalized spacial score (nSPS) is 18.6. The van der Waals surface area contributed by atoms with Crippen molar-refractivity contribution in [1.82, 2.24) is 20.4 Å². The summed E-state index contributed by atoms with van der Waals surface area (Å²) in [6, 6.07) is 0.325. The minimum atomic E-state index is 0.325. The molecule has 5 nitrogen and oxygen atoms in total. The molecule has 1 aromatic rings. The first-order chi connectivity index (χ1) is 9.35. The van der Waals surface area contributed by atoms with Crippen LogP contribution in [0.1, 0.15) is 57.3 Å². The Balaban J connectivity index is 2.02. The monoisotopic (exact) mass is 266 g/mol. The number of nitrogens with one attached hydrogen (secondary N) is 1. The maximum Gasteiger partial charge on any atom is 0.226 e. The van der Waals surface area contributed by atoms with Crippen LogP contribution in [0.4, 0.5) is 0 Å². The maximum absolute atomic E-state index is 5.38. The van der Waals surface area contributed by atoms with E-state index in [4.69, 9.17) is 4.52 Å². The number of piperazine rings is 1. The Morgan fingerprint density at radius 1 is 1.26 bits per heavy atom. The highest BCUT2D eigenvalue weighted by Gasteiger charge is 2.25. The van der Waals surface area contributed by atoms with Crippen LogP contribution >= 0.6 is 0 Å². The highest BCUT2D eigenvalue weighted by molar-refractivity contribution is 4.96. The van der Waals surface area contributed by atoms with Gasteiger partial charge in [-0.2, -0.15) is 4.98 Å². The first-order valence-electron chi connectivity index (χ1n) is 7.62. The SMILES string of the molecule is CCCCc1nc(C(CCC)N2CCNCC2)no1. The highest BCUT2D eigenvalue weighted by Crippen LogP contribution is 2.24. The third-order valence-electron chi connectivity index (χ3n) is 3.68. The van der Waals surface area contributed by atoms with E-state index in [1.165, 1.54) is 0 Å². The second kappa shape index (κ2) is 7.60. The van der Waals surface area contributed by atoms with E-state index < -0.39 is 0 Å². The number of rotatable bonds is 7. The molecule has 0 aromatic carbocycles. The van der Waals surface area contributed by atoms with Crippen LogP contribution in [0.15, 0.2) is 4.52 Å². The molecule has 1 saturated heterocycles. The van der Waals surface area contributed by atoms with Crippen molar-refractivity contribution in [3.8, 4) is 0 Å². The van der Waals surface area contributed by atoms with Crippen molar-refractivity contribution >= 4 is 0 Å². The molecule has 1 atom stereocenters. The van der Waals surface area contributed by atoms with E-state index in [0.717, 1.165) is 70.0 Å². The molecule has 108 valence electrons. The predicted octanol–water partition coefficient (Wildman–Crippen LogP) is 2.16. The molecular formula is C14H26N4O. The van der Waals surface area contributed by atoms with E-state index in [0.29, 0.717) is 6.04 Å². The molecule has 1 aromatic heterocycles. The molecular weight excluding hydrogens is 240 g/mol. The van der Waals surface area contributed by atoms with Gasteiger partial charge in [0.05, 0.1) is 6.04 Å². The lowest BCUT2D eigenvalue weighted by atomic mass is 10.1. The zero-order chi connectivity index (χ0) is 13.5. The summed E-state index contributed by atoms with van der Waals surface area (Å²) >= 11 is 0. The summed E-state index contributed by atoms with van der Waals surface area (Å²) in [7, 11) is 0. The second-order valence-electron chi connectivity index (χ2n) is 5.24. The fourth-order valence-corrected chi connectivity index (χ4v) is 2.58. The van der Waals surface area contributed by atoms with Gasteiger partial charge in [-0.05, 0) is 12.8 Å². The highest BCUT2D eigenvalue weighted by atomic mass is 16.5. The largest absolute Gasteiger partial charge is 0.339 e. The van der Waals surface area contributed by atoms with E-state index in [2.05, 4.69) is 34.2 Å². The van der Waals surface area contributed by atoms with Gasteiger partial charge in [-0.25, -0.2) is 0 Å². The Labute approximate surface area is 115 Å². The van der Waals surface area contributed by atoms with Crippen LogP contribution in [0.25, 0.3) is 0 Å². The van der Waals surface area contributed by atoms with E-state index in [1.54, 1.807) is 0 Å². The summed E-state index contributed by atoms with van der Waals surface area (Å²) < 4.78 is 5.38. The summed E-state index contributed by atoms with van der Waals surface area (Å²) in [5.74, 6) is 1.68. The zero-order valence-corrected chi connectivity index (χ0v) is 12.2. The molecule has 2 heterocycles. The Bertz CT molecular complexity index is 360. The summed E-state index contributed by atoms with van der Waals surface area (Å²) in [6.45, 7) is 8.65. The molecule has 5 heteroatoms. The van der Waals surface area contributed by atoms with Gasteiger partial charge in [0.1, 0.15) is 0 Å². The molecule has 0 amide bonds. The molecule has 0 spiro atoms. The van der Waals surface area contributed by atoms with Gasteiger partial charge < -0.3 is 9.84 Å². The number of aromatic nitrogens is 2. The van der Waals surface area contributed by atoms with Gasteiger partial charge in [-0.15, -0.1) is 0 Å². The Kier molecular flexibility index (Phi) is 5.79. The lowest BCUT2D eigenvalue weighted by Crippen LogP contribution is -2.45. The second-order valence-corrected chi connectivity index (χ2v) is 5.24. The van der Waals surface area contributed by atoms with Crippen LogP contribution < -0.4 is 5.32 Å². The van der Waals surface area contributed by atoms with Crippen LogP contribution in [0.3, 0.4) is 0 Å². The van der Waals surface area contributed by atoms with Crippen molar-refractivity contribution in [2.24, 2.45) is 0 Å². The average molecular weight is 266 g/mol. The van der Waals surface area contributed by atoms with Crippen LogP contribution in [0, 0.1) is 0 Å². The Hall–Kier alpha value is -0.940. The van der Waals surface area contributed by atoms with Crippen LogP contribution in [0.2, 0.25) is 0 Å². The van der Waals surface area contributed by atoms with Crippen LogP contribution in [-0.2, 0) is 6.42 Å². The van der Waals surface area contributed by atoms with Gasteiger partial charge in [0, 0.05) is 32.6 Å². The molecule has 0 aliphatic carbocycles. The number of hydrogen-bond donors (Lipinski definition) is 1. The summed E-state index contributed by atoms with van der Waals surface area (Å²) in [4.78, 5) is 7.08. The summed E-state index contributed by atoms with van der Waals surface area (Å²) in [5.41, 5.74) is 0. The lowest BCUT2D eigenvalue weighted by molar-refractivity contribution is 0.155. The van der Waals surface area contributed by atoms with E-state index >= 15 is 0 Å². The van der Waals surface area contributed by atoms with Gasteiger partial charge in [0.2, 0.25) is 5.89 Å². The minimum absolute atomic E-state index is 0.325. The molecule has 0 saturated carbocycles. The molecule has 19 heavy (non-hydrogen) atoms. The van der Waals surface area contributed by atoms with E-state index in [1.807, 2.05) is 0 Å². The van der Waals surface area contributed by atoms with Gasteiger partial charge in [0.15, 0.2) is 5.82 Å². The average Bonchev–Trinajstić information content (AvgIpc) is 2.92. The van der Waals surface area contributed by atoms with Crippen molar-refractivity contribution in [2.75, 3.05) is 26.2 Å². The summed E-state index contributed by atoms with van der Waals surface area (Å²) in [5, 5.41) is 7.61. The van der Waals surface area contributed by atoms with Gasteiger partial charge in [-0.1, -0.05) is 31.8 Å². The van der Waals surface area contributed by atoms with Crippen LogP contribution in [0.5, 0.6) is 0 Å². The molecule has 1 fully saturated rings. The van der Waals surface area contributed by atoms with Gasteiger partial charge in [0.25, 0.3) is 0 Å². The minimum Gasteiger partial charge on any atom is -0.339 e. The first-order valence-corrected chi connectivity index (χ1v) is 7.62. The Morgan fingerprint density at radius 3 is 2.74 bits per heavy atom. The van der Waals surface area contributed by atoms with Crippen LogP contribution in [-0.4, -0.2) is 41.2 Å². The molecule has 1 N–H and O–H groups in total. The smallest absolute Gasteiger partial charge is 0.226 e. The van der Waals surface area contributed by atoms with Crippen molar-refractivity contribution in [3.63, 3.8) is 0 Å². The molecule has 1 aliphatic rings. The molecule has 1 aliphatic heterocycles. The maximum atomic E-state index is 5.38. The lowest BCUT2D eigenvalue weighted by Gasteiger charge is -2.33. The van der Waals surface area contributed by atoms with E-state index in [9.17, 15) is 0 Å². The fourth-order valence-electron chi connectivity index (χ4n) is 2.58. The number of hydrogen-bond acceptors (Lipinski definition) is 5. The van der Waals surface area contributed by atoms with Gasteiger partial charge in [-0.3, -0.25) is 4.90 Å². The first kappa shape index (κ1) is 14.5. The van der Waals surface area contributed by atoms with E-state index in [-0.39, 0.29) is 0 Å². The predicted molar refractivity (Wildman–Crippen MR) is 75.0 cm³/mol. The molecule has 1 unspecified atom stereocenters. The third-order valence-corrected chi connectivity index (χ3v) is 3.68. The molecule has 0 radical (unpaired) electrons. The van der Waals surface area contributed by atoms with Gasteiger partial charge >= 0.3 is 0 Å². The van der Waals surface area contributed by atoms with Crippen molar-refractivity contribution in [1.29, 1.82) is 0 Å². The van der Waals surface area contributed by atoms with Crippen molar-refractivity contribution in [3.05, 3.63) is 11.7 Å². The topological polar surface area (TPSA) is 54.2 Å².